The summed E-state index contributed by atoms with van der Waals surface area (Å²) in [6.07, 6.45) is -0.775. The lowest BCUT2D eigenvalue weighted by atomic mass is 10.5. The van der Waals surface area contributed by atoms with Crippen LogP contribution in [0.2, 0.25) is 0 Å². The van der Waals surface area contributed by atoms with Gasteiger partial charge in [-0.2, -0.15) is 8.42 Å². The van der Waals surface area contributed by atoms with Gasteiger partial charge in [-0.1, -0.05) is 0 Å². The summed E-state index contributed by atoms with van der Waals surface area (Å²) in [5.74, 6) is 0. The molecule has 9 nitrogen and oxygen atoms in total. The lowest BCUT2D eigenvalue weighted by molar-refractivity contribution is 0.0319. The predicted octanol–water partition coefficient (Wildman–Crippen LogP) is -1.50. The van der Waals surface area contributed by atoms with Crippen LogP contribution in [0.5, 0.6) is 0 Å². The predicted molar refractivity (Wildman–Crippen MR) is 61.1 cm³/mol. The van der Waals surface area contributed by atoms with Crippen LogP contribution in [0.4, 0.5) is 0 Å². The van der Waals surface area contributed by atoms with Crippen LogP contribution in [0.25, 0.3) is 0 Å². The second kappa shape index (κ2) is 7.20. The fourth-order valence-corrected chi connectivity index (χ4v) is 1.65. The van der Waals surface area contributed by atoms with Gasteiger partial charge in [-0.3, -0.25) is 14.0 Å². The van der Waals surface area contributed by atoms with E-state index < -0.39 is 32.0 Å². The van der Waals surface area contributed by atoms with Gasteiger partial charge in [-0.05, 0) is 27.9 Å². The maximum Gasteiger partial charge on any atom is 0.394 e. The number of aliphatic hydroxyl groups excluding tert-OH is 1. The van der Waals surface area contributed by atoms with E-state index in [-0.39, 0.29) is 0 Å². The van der Waals surface area contributed by atoms with E-state index in [1.54, 1.807) is 7.05 Å². The normalized spacial score (nSPS) is 16.0. The fourth-order valence-electron chi connectivity index (χ4n) is 0.693. The molecule has 0 saturated carbocycles. The van der Waals surface area contributed by atoms with Crippen LogP contribution < -0.4 is 4.72 Å². The van der Waals surface area contributed by atoms with Gasteiger partial charge >= 0.3 is 10.4 Å². The molecular formula is C6H18N2O7S2. The number of hydrogen-bond acceptors (Lipinski definition) is 6. The number of hydrogen-bond donors (Lipinski definition) is 4. The number of nitrogens with zero attached hydrogens (tertiary/aromatic N) is 1. The van der Waals surface area contributed by atoms with Gasteiger partial charge in [0.15, 0.2) is 0 Å². The Bertz CT molecular complexity index is 394. The number of sulfonamides is 1. The third-order valence-corrected chi connectivity index (χ3v) is 3.70. The quantitative estimate of drug-likeness (QED) is 0.362. The topological polar surface area (TPSA) is 144 Å². The summed E-state index contributed by atoms with van der Waals surface area (Å²) in [6, 6.07) is 0. The first-order valence-corrected chi connectivity index (χ1v) is 7.29. The minimum absolute atomic E-state index is 0.734. The number of nitrogens with one attached hydrogen (secondary N) is 1. The molecule has 11 heteroatoms. The third-order valence-electron chi connectivity index (χ3n) is 1.90. The van der Waals surface area contributed by atoms with Gasteiger partial charge in [0.1, 0.15) is 11.6 Å². The lowest BCUT2D eigenvalue weighted by Crippen LogP contribution is -2.45. The Balaban J connectivity index is 0. The first kappa shape index (κ1) is 19.0. The van der Waals surface area contributed by atoms with Crippen molar-refractivity contribution in [3.8, 4) is 0 Å². The fraction of sp³-hybridized carbons (Fsp3) is 1.00. The molecule has 0 heterocycles. The Morgan fingerprint density at radius 1 is 1.12 bits per heavy atom. The highest BCUT2D eigenvalue weighted by atomic mass is 32.3. The second-order valence-corrected chi connectivity index (χ2v) is 6.17. The Morgan fingerprint density at radius 3 is 1.59 bits per heavy atom. The number of aliphatic hydroxyl groups is 1. The van der Waals surface area contributed by atoms with E-state index in [1.807, 2.05) is 0 Å². The van der Waals surface area contributed by atoms with Gasteiger partial charge < -0.3 is 5.11 Å². The molecule has 0 fully saturated rings. The molecule has 0 aliphatic rings. The molecule has 17 heavy (non-hydrogen) atoms. The van der Waals surface area contributed by atoms with Gasteiger partial charge in [-0.15, -0.1) is 0 Å². The smallest absolute Gasteiger partial charge is 0.379 e. The molecule has 0 aromatic carbocycles. The third kappa shape index (κ3) is 10.6. The Labute approximate surface area is 101 Å². The summed E-state index contributed by atoms with van der Waals surface area (Å²) in [4.78, 5) is 1.35. The van der Waals surface area contributed by atoms with E-state index in [9.17, 15) is 8.42 Å². The van der Waals surface area contributed by atoms with Gasteiger partial charge in [-0.25, -0.2) is 13.1 Å². The van der Waals surface area contributed by atoms with Crippen molar-refractivity contribution in [2.24, 2.45) is 0 Å². The first-order chi connectivity index (χ1) is 7.33. The van der Waals surface area contributed by atoms with E-state index in [0.29, 0.717) is 0 Å². The lowest BCUT2D eigenvalue weighted by Gasteiger charge is -2.26. The highest BCUT2D eigenvalue weighted by Crippen LogP contribution is 2.05. The van der Waals surface area contributed by atoms with Gasteiger partial charge in [0.25, 0.3) is 0 Å². The van der Waals surface area contributed by atoms with Gasteiger partial charge in [0.05, 0.1) is 0 Å². The van der Waals surface area contributed by atoms with Crippen molar-refractivity contribution in [1.29, 1.82) is 0 Å². The molecule has 0 rings (SSSR count). The van der Waals surface area contributed by atoms with Crippen molar-refractivity contribution in [2.45, 2.75) is 25.4 Å². The van der Waals surface area contributed by atoms with Gasteiger partial charge in [0, 0.05) is 0 Å². The molecule has 2 atom stereocenters. The van der Waals surface area contributed by atoms with Crippen LogP contribution in [0.1, 0.15) is 13.8 Å². The molecule has 0 spiro atoms. The average Bonchev–Trinajstić information content (AvgIpc) is 2.12. The Morgan fingerprint density at radius 2 is 1.41 bits per heavy atom. The van der Waals surface area contributed by atoms with Crippen molar-refractivity contribution < 1.29 is 31.0 Å². The molecule has 0 aliphatic heterocycles. The second-order valence-electron chi connectivity index (χ2n) is 3.09. The molecule has 0 radical (unpaired) electrons. The van der Waals surface area contributed by atoms with E-state index in [4.69, 9.17) is 22.6 Å². The summed E-state index contributed by atoms with van der Waals surface area (Å²) < 4.78 is 56.1. The summed E-state index contributed by atoms with van der Waals surface area (Å²) in [5.41, 5.74) is 0. The molecule has 0 bridgehead atoms. The largest absolute Gasteiger partial charge is 0.394 e. The molecule has 0 aromatic rings. The van der Waals surface area contributed by atoms with E-state index in [0.717, 1.165) is 0 Å². The maximum atomic E-state index is 11.2. The highest BCUT2D eigenvalue weighted by Gasteiger charge is 2.25. The van der Waals surface area contributed by atoms with Crippen LogP contribution in [0.3, 0.4) is 0 Å². The van der Waals surface area contributed by atoms with Crippen LogP contribution in [-0.2, 0) is 20.4 Å². The zero-order chi connectivity index (χ0) is 14.4. The Hall–Kier alpha value is -0.300. The van der Waals surface area contributed by atoms with E-state index in [2.05, 4.69) is 4.72 Å². The molecule has 0 amide bonds. The van der Waals surface area contributed by atoms with Crippen LogP contribution in [0.15, 0.2) is 0 Å². The van der Waals surface area contributed by atoms with Crippen molar-refractivity contribution >= 4 is 20.4 Å². The summed E-state index contributed by atoms with van der Waals surface area (Å²) in [5, 5.41) is 8.35. The molecule has 0 saturated heterocycles. The van der Waals surface area contributed by atoms with Crippen molar-refractivity contribution in [3.05, 3.63) is 0 Å². The standard InChI is InChI=1S/C6H16N2O3S.H2O4S/c1-5(9)8(4)6(2)12(10,11)7-3;1-5(2,3)4/h5-7,9H,1-4H3;(H2,1,2,3,4). The minimum Gasteiger partial charge on any atom is -0.379 e. The molecule has 0 aliphatic carbocycles. The summed E-state index contributed by atoms with van der Waals surface area (Å²) in [7, 11) is -5.10. The molecule has 4 N–H and O–H groups in total. The Kier molecular flexibility index (Phi) is 8.07. The first-order valence-electron chi connectivity index (χ1n) is 4.35. The number of rotatable bonds is 4. The SMILES string of the molecule is CNS(=O)(=O)C(C)N(C)C(C)O.O=S(=O)(O)O. The molecule has 2 unspecified atom stereocenters. The monoisotopic (exact) mass is 294 g/mol. The zero-order valence-corrected chi connectivity index (χ0v) is 11.5. The maximum absolute atomic E-state index is 11.2. The molecule has 106 valence electrons. The average molecular weight is 294 g/mol. The van der Waals surface area contributed by atoms with E-state index in [1.165, 1.54) is 25.8 Å². The summed E-state index contributed by atoms with van der Waals surface area (Å²) >= 11 is 0. The zero-order valence-electron chi connectivity index (χ0n) is 9.89. The minimum atomic E-state index is -4.67. The molecular weight excluding hydrogens is 276 g/mol. The highest BCUT2D eigenvalue weighted by molar-refractivity contribution is 7.90. The van der Waals surface area contributed by atoms with Crippen molar-refractivity contribution in [3.63, 3.8) is 0 Å². The summed E-state index contributed by atoms with van der Waals surface area (Å²) in [6.45, 7) is 3.03. The molecule has 0 aromatic heterocycles. The van der Waals surface area contributed by atoms with Crippen molar-refractivity contribution in [1.82, 2.24) is 9.62 Å². The van der Waals surface area contributed by atoms with Crippen molar-refractivity contribution in [2.75, 3.05) is 14.1 Å². The van der Waals surface area contributed by atoms with Crippen LogP contribution in [0, 0.1) is 0 Å². The van der Waals surface area contributed by atoms with Crippen LogP contribution >= 0.6 is 0 Å². The van der Waals surface area contributed by atoms with E-state index >= 15 is 0 Å². The van der Waals surface area contributed by atoms with Gasteiger partial charge in [0.2, 0.25) is 10.0 Å². The van der Waals surface area contributed by atoms with Crippen LogP contribution in [-0.4, -0.2) is 61.6 Å².